The van der Waals surface area contributed by atoms with Crippen LogP contribution in [0, 0.1) is 0 Å². The van der Waals surface area contributed by atoms with E-state index < -0.39 is 0 Å². The molecule has 2 aromatic rings. The molecule has 1 fully saturated rings. The van der Waals surface area contributed by atoms with Crippen LogP contribution in [-0.2, 0) is 11.3 Å². The van der Waals surface area contributed by atoms with E-state index in [1.807, 2.05) is 12.3 Å². The van der Waals surface area contributed by atoms with Crippen LogP contribution in [0.1, 0.15) is 61.5 Å². The Kier molecular flexibility index (Phi) is 8.19. The highest BCUT2D eigenvalue weighted by molar-refractivity contribution is 7.13. The smallest absolute Gasteiger partial charge is 0.226 e. The molecule has 156 valence electrons. The first kappa shape index (κ1) is 21.5. The number of likely N-dealkylation sites (tertiary alicyclic amines) is 1. The molecule has 1 aromatic carbocycles. The quantitative estimate of drug-likeness (QED) is 0.578. The lowest BCUT2D eigenvalue weighted by molar-refractivity contribution is -0.116. The number of amides is 1. The highest BCUT2D eigenvalue weighted by Crippen LogP contribution is 2.19. The monoisotopic (exact) mass is 415 g/mol. The predicted molar refractivity (Wildman–Crippen MR) is 116 cm³/mol. The van der Waals surface area contributed by atoms with E-state index in [4.69, 9.17) is 4.74 Å². The van der Waals surface area contributed by atoms with E-state index in [2.05, 4.69) is 15.2 Å². The fourth-order valence-electron chi connectivity index (χ4n) is 3.29. The van der Waals surface area contributed by atoms with Gasteiger partial charge in [0.15, 0.2) is 10.9 Å². The summed E-state index contributed by atoms with van der Waals surface area (Å²) in [7, 11) is 0. The first-order valence-electron chi connectivity index (χ1n) is 10.4. The number of benzene rings is 1. The number of aromatic nitrogens is 1. The van der Waals surface area contributed by atoms with Crippen LogP contribution in [-0.4, -0.2) is 41.3 Å². The van der Waals surface area contributed by atoms with Crippen LogP contribution in [0.5, 0.6) is 5.75 Å². The molecule has 0 radical (unpaired) electrons. The lowest BCUT2D eigenvalue weighted by Crippen LogP contribution is -2.29. The van der Waals surface area contributed by atoms with Gasteiger partial charge in [-0.3, -0.25) is 14.5 Å². The van der Waals surface area contributed by atoms with Crippen molar-refractivity contribution in [2.24, 2.45) is 0 Å². The number of thiazole rings is 1. The third-order valence-electron chi connectivity index (χ3n) is 4.86. The van der Waals surface area contributed by atoms with Crippen LogP contribution in [0.4, 0.5) is 5.13 Å². The molecule has 1 aliphatic rings. The van der Waals surface area contributed by atoms with E-state index >= 15 is 0 Å². The molecule has 6 nitrogen and oxygen atoms in total. The Bertz CT molecular complexity index is 798. The molecule has 1 amide bonds. The van der Waals surface area contributed by atoms with Crippen molar-refractivity contribution in [3.05, 3.63) is 40.9 Å². The van der Waals surface area contributed by atoms with Gasteiger partial charge in [-0.05, 0) is 56.6 Å². The molecule has 1 aliphatic heterocycles. The molecular weight excluding hydrogens is 386 g/mol. The van der Waals surface area contributed by atoms with Gasteiger partial charge >= 0.3 is 0 Å². The lowest BCUT2D eigenvalue weighted by atomic mass is 10.1. The minimum Gasteiger partial charge on any atom is -0.494 e. The van der Waals surface area contributed by atoms with Crippen LogP contribution < -0.4 is 10.1 Å². The van der Waals surface area contributed by atoms with E-state index in [0.29, 0.717) is 17.3 Å². The van der Waals surface area contributed by atoms with E-state index in [1.165, 1.54) is 30.6 Å². The first-order chi connectivity index (χ1) is 14.1. The van der Waals surface area contributed by atoms with Crippen molar-refractivity contribution in [3.8, 4) is 5.75 Å². The SMILES string of the molecule is CCCOc1ccc(C(=O)CCC(=O)Nc2nc(CN3CCCCC3)cs2)cc1. The summed E-state index contributed by atoms with van der Waals surface area (Å²) in [5.74, 6) is 0.525. The van der Waals surface area contributed by atoms with Gasteiger partial charge in [0.2, 0.25) is 5.91 Å². The zero-order valence-electron chi connectivity index (χ0n) is 17.0. The number of piperidine rings is 1. The molecule has 0 saturated carbocycles. The number of ether oxygens (including phenoxy) is 1. The molecule has 1 aromatic heterocycles. The molecular formula is C22H29N3O3S. The predicted octanol–water partition coefficient (Wildman–Crippen LogP) is 4.52. The number of nitrogens with zero attached hydrogens (tertiary/aromatic N) is 2. The van der Waals surface area contributed by atoms with E-state index in [9.17, 15) is 9.59 Å². The van der Waals surface area contributed by atoms with Gasteiger partial charge in [-0.15, -0.1) is 11.3 Å². The average Bonchev–Trinajstić information content (AvgIpc) is 3.18. The number of carbonyl (C=O) groups excluding carboxylic acids is 2. The maximum absolute atomic E-state index is 12.3. The van der Waals surface area contributed by atoms with Gasteiger partial charge in [0, 0.05) is 30.3 Å². The summed E-state index contributed by atoms with van der Waals surface area (Å²) in [5.41, 5.74) is 1.59. The van der Waals surface area contributed by atoms with Gasteiger partial charge in [0.25, 0.3) is 0 Å². The minimum absolute atomic E-state index is 0.0490. The van der Waals surface area contributed by atoms with Crippen LogP contribution in [0.25, 0.3) is 0 Å². The van der Waals surface area contributed by atoms with Gasteiger partial charge in [0.1, 0.15) is 5.75 Å². The topological polar surface area (TPSA) is 71.5 Å². The number of Topliss-reactive ketones (excluding diaryl/α,β-unsaturated/α-hetero) is 1. The van der Waals surface area contributed by atoms with E-state index in [1.54, 1.807) is 24.3 Å². The normalized spacial score (nSPS) is 14.5. The maximum Gasteiger partial charge on any atom is 0.226 e. The molecule has 0 bridgehead atoms. The van der Waals surface area contributed by atoms with Gasteiger partial charge < -0.3 is 10.1 Å². The molecule has 0 aliphatic carbocycles. The molecule has 0 atom stereocenters. The number of anilines is 1. The summed E-state index contributed by atoms with van der Waals surface area (Å²) in [6.07, 6.45) is 5.06. The zero-order valence-corrected chi connectivity index (χ0v) is 17.8. The Morgan fingerprint density at radius 2 is 1.90 bits per heavy atom. The number of hydrogen-bond acceptors (Lipinski definition) is 6. The molecule has 0 unspecified atom stereocenters. The van der Waals surface area contributed by atoms with Crippen LogP contribution in [0.2, 0.25) is 0 Å². The summed E-state index contributed by atoms with van der Waals surface area (Å²) in [6.45, 7) is 5.77. The van der Waals surface area contributed by atoms with Crippen molar-refractivity contribution in [3.63, 3.8) is 0 Å². The summed E-state index contributed by atoms with van der Waals surface area (Å²) in [4.78, 5) is 31.4. The number of nitrogens with one attached hydrogen (secondary N) is 1. The Balaban J connectivity index is 1.41. The van der Waals surface area contributed by atoms with E-state index in [0.717, 1.165) is 37.5 Å². The molecule has 0 spiro atoms. The maximum atomic E-state index is 12.3. The van der Waals surface area contributed by atoms with Crippen LogP contribution in [0.15, 0.2) is 29.6 Å². The van der Waals surface area contributed by atoms with Crippen molar-refractivity contribution in [1.29, 1.82) is 0 Å². The number of rotatable bonds is 10. The molecule has 3 rings (SSSR count). The fraction of sp³-hybridized carbons (Fsp3) is 0.500. The van der Waals surface area contributed by atoms with Crippen molar-refractivity contribution in [2.75, 3.05) is 25.0 Å². The Hall–Kier alpha value is -2.25. The van der Waals surface area contributed by atoms with Gasteiger partial charge in [-0.1, -0.05) is 13.3 Å². The summed E-state index contributed by atoms with van der Waals surface area (Å²) < 4.78 is 5.52. The van der Waals surface area contributed by atoms with Crippen LogP contribution >= 0.6 is 11.3 Å². The van der Waals surface area contributed by atoms with Gasteiger partial charge in [0.05, 0.1) is 12.3 Å². The Morgan fingerprint density at radius 1 is 1.14 bits per heavy atom. The molecule has 2 heterocycles. The molecule has 1 N–H and O–H groups in total. The lowest BCUT2D eigenvalue weighted by Gasteiger charge is -2.25. The molecule has 1 saturated heterocycles. The number of ketones is 1. The van der Waals surface area contributed by atoms with Gasteiger partial charge in [-0.2, -0.15) is 0 Å². The third-order valence-corrected chi connectivity index (χ3v) is 5.67. The largest absolute Gasteiger partial charge is 0.494 e. The second-order valence-electron chi connectivity index (χ2n) is 7.32. The summed E-state index contributed by atoms with van der Waals surface area (Å²) in [6, 6.07) is 7.09. The summed E-state index contributed by atoms with van der Waals surface area (Å²) in [5, 5.41) is 5.42. The average molecular weight is 416 g/mol. The van der Waals surface area contributed by atoms with Crippen molar-refractivity contribution in [2.45, 2.75) is 52.0 Å². The highest BCUT2D eigenvalue weighted by atomic mass is 32.1. The van der Waals surface area contributed by atoms with Gasteiger partial charge in [-0.25, -0.2) is 4.98 Å². The second kappa shape index (κ2) is 11.1. The van der Waals surface area contributed by atoms with Crippen molar-refractivity contribution in [1.82, 2.24) is 9.88 Å². The second-order valence-corrected chi connectivity index (χ2v) is 8.18. The highest BCUT2D eigenvalue weighted by Gasteiger charge is 2.14. The standard InChI is InChI=1S/C22H29N3O3S/c1-2-14-28-19-8-6-17(7-9-19)20(26)10-11-21(27)24-22-23-18(16-29-22)15-25-12-4-3-5-13-25/h6-9,16H,2-5,10-15H2,1H3,(H,23,24,27). The molecule has 29 heavy (non-hydrogen) atoms. The zero-order chi connectivity index (χ0) is 20.5. The number of hydrogen-bond donors (Lipinski definition) is 1. The minimum atomic E-state index is -0.180. The first-order valence-corrected chi connectivity index (χ1v) is 11.2. The Morgan fingerprint density at radius 3 is 2.62 bits per heavy atom. The van der Waals surface area contributed by atoms with Crippen LogP contribution in [0.3, 0.4) is 0 Å². The third kappa shape index (κ3) is 6.94. The summed E-state index contributed by atoms with van der Waals surface area (Å²) >= 11 is 1.44. The Labute approximate surface area is 176 Å². The number of carbonyl (C=O) groups is 2. The molecule has 7 heteroatoms. The van der Waals surface area contributed by atoms with E-state index in [-0.39, 0.29) is 24.5 Å². The van der Waals surface area contributed by atoms with Crippen molar-refractivity contribution < 1.29 is 14.3 Å². The fourth-order valence-corrected chi connectivity index (χ4v) is 4.01. The van der Waals surface area contributed by atoms with Crippen molar-refractivity contribution >= 4 is 28.2 Å².